The van der Waals surface area contributed by atoms with Crippen molar-refractivity contribution in [2.45, 2.75) is 82.1 Å². The van der Waals surface area contributed by atoms with Crippen LogP contribution in [0.15, 0.2) is 43.7 Å². The molecule has 0 spiro atoms. The van der Waals surface area contributed by atoms with Gasteiger partial charge < -0.3 is 9.97 Å². The topological polar surface area (TPSA) is 56.3 Å². The van der Waals surface area contributed by atoms with Crippen LogP contribution >= 0.6 is 0 Å². The molecule has 4 nitrogen and oxygen atoms in total. The maximum Gasteiger partial charge on any atom is 0.0907 e. The number of hydrogen-bond donors (Lipinski definition) is 2. The van der Waals surface area contributed by atoms with Gasteiger partial charge in [0.25, 0.3) is 0 Å². The summed E-state index contributed by atoms with van der Waals surface area (Å²) in [6, 6.07) is 0. The molecule has 0 amide bonds. The van der Waals surface area contributed by atoms with Gasteiger partial charge in [-0.25, -0.2) is 4.99 Å². The Labute approximate surface area is 204 Å². The van der Waals surface area contributed by atoms with Crippen LogP contribution in [0, 0.1) is 27.7 Å². The molecule has 4 heteroatoms. The first kappa shape index (κ1) is 24.0. The van der Waals surface area contributed by atoms with Crippen LogP contribution in [0.2, 0.25) is 0 Å². The van der Waals surface area contributed by atoms with Crippen LogP contribution in [0.25, 0.3) is 12.2 Å². The molecule has 0 atom stereocenters. The van der Waals surface area contributed by atoms with Gasteiger partial charge in [0.05, 0.1) is 22.8 Å². The third-order valence-electron chi connectivity index (χ3n) is 7.90. The first-order chi connectivity index (χ1) is 16.1. The van der Waals surface area contributed by atoms with E-state index < -0.39 is 0 Å². The monoisotopic (exact) mass is 454 g/mol. The lowest BCUT2D eigenvalue weighted by Gasteiger charge is -2.04. The van der Waals surface area contributed by atoms with E-state index in [0.29, 0.717) is 0 Å². The summed E-state index contributed by atoms with van der Waals surface area (Å²) in [5.41, 5.74) is 19.3. The Bertz CT molecular complexity index is 1370. The second-order valence-corrected chi connectivity index (χ2v) is 9.71. The highest BCUT2D eigenvalue weighted by Gasteiger charge is 2.26. The third kappa shape index (κ3) is 3.79. The summed E-state index contributed by atoms with van der Waals surface area (Å²) in [4.78, 5) is 17.3. The van der Waals surface area contributed by atoms with Crippen molar-refractivity contribution in [2.75, 3.05) is 0 Å². The van der Waals surface area contributed by atoms with Crippen LogP contribution in [0.3, 0.4) is 0 Å². The molecule has 0 saturated heterocycles. The summed E-state index contributed by atoms with van der Waals surface area (Å²) in [6.45, 7) is 21.8. The van der Waals surface area contributed by atoms with Crippen molar-refractivity contribution < 1.29 is 0 Å². The van der Waals surface area contributed by atoms with Crippen molar-refractivity contribution in [3.63, 3.8) is 0 Å². The second-order valence-electron chi connectivity index (χ2n) is 9.71. The lowest BCUT2D eigenvalue weighted by atomic mass is 9.98. The Kier molecular flexibility index (Phi) is 6.28. The highest BCUT2D eigenvalue weighted by molar-refractivity contribution is 6.16. The van der Waals surface area contributed by atoms with E-state index in [0.717, 1.165) is 52.7 Å². The molecule has 0 saturated carbocycles. The Hall–Kier alpha value is -3.14. The van der Waals surface area contributed by atoms with Gasteiger partial charge in [0, 0.05) is 22.8 Å². The van der Waals surface area contributed by atoms with Crippen molar-refractivity contribution in [3.05, 3.63) is 78.7 Å². The molecule has 0 radical (unpaired) electrons. The highest BCUT2D eigenvalue weighted by Crippen LogP contribution is 2.35. The van der Waals surface area contributed by atoms with Gasteiger partial charge in [-0.2, -0.15) is 0 Å². The van der Waals surface area contributed by atoms with Gasteiger partial charge in [-0.15, -0.1) is 0 Å². The molecule has 2 aromatic heterocycles. The van der Waals surface area contributed by atoms with E-state index in [1.807, 2.05) is 0 Å². The fraction of sp³-hybridized carbons (Fsp3) is 0.400. The molecular formula is C30H38N4. The predicted octanol–water partition coefficient (Wildman–Crippen LogP) is 7.86. The zero-order valence-electron chi connectivity index (χ0n) is 22.5. The second kappa shape index (κ2) is 8.90. The lowest BCUT2D eigenvalue weighted by Crippen LogP contribution is -2.03. The molecule has 2 N–H and O–H groups in total. The minimum Gasteiger partial charge on any atom is -0.359 e. The molecule has 34 heavy (non-hydrogen) atoms. The number of nitrogens with one attached hydrogen (secondary N) is 2. The van der Waals surface area contributed by atoms with E-state index in [-0.39, 0.29) is 0 Å². The maximum atomic E-state index is 5.18. The van der Waals surface area contributed by atoms with E-state index in [1.165, 1.54) is 50.2 Å². The van der Waals surface area contributed by atoms with Crippen LogP contribution in [-0.2, 0) is 6.42 Å². The number of aromatic nitrogens is 2. The van der Waals surface area contributed by atoms with Crippen LogP contribution in [0.4, 0.5) is 0 Å². The minimum atomic E-state index is 0.955. The quantitative estimate of drug-likeness (QED) is 0.462. The van der Waals surface area contributed by atoms with Crippen LogP contribution in [0.1, 0.15) is 93.0 Å². The highest BCUT2D eigenvalue weighted by atomic mass is 14.9. The van der Waals surface area contributed by atoms with E-state index in [1.54, 1.807) is 0 Å². The number of allylic oxidation sites excluding steroid dienone is 4. The number of aromatic amines is 2. The molecule has 0 fully saturated rings. The zero-order valence-corrected chi connectivity index (χ0v) is 22.5. The van der Waals surface area contributed by atoms with Crippen LogP contribution < -0.4 is 0 Å². The minimum absolute atomic E-state index is 0.955. The Morgan fingerprint density at radius 2 is 1.32 bits per heavy atom. The first-order valence-electron chi connectivity index (χ1n) is 12.4. The van der Waals surface area contributed by atoms with Crippen molar-refractivity contribution in [1.82, 2.24) is 9.97 Å². The number of rotatable bonds is 5. The maximum absolute atomic E-state index is 5.18. The fourth-order valence-electron chi connectivity index (χ4n) is 5.13. The van der Waals surface area contributed by atoms with Crippen LogP contribution in [-0.4, -0.2) is 21.4 Å². The molecule has 0 unspecified atom stereocenters. The average Bonchev–Trinajstić information content (AvgIpc) is 3.44. The van der Waals surface area contributed by atoms with Gasteiger partial charge in [0.1, 0.15) is 0 Å². The molecule has 0 bridgehead atoms. The normalized spacial score (nSPS) is 18.8. The van der Waals surface area contributed by atoms with Crippen molar-refractivity contribution in [2.24, 2.45) is 9.98 Å². The number of aryl methyl sites for hydroxylation is 1. The predicted molar refractivity (Wildman–Crippen MR) is 147 cm³/mol. The molecule has 0 aromatic carbocycles. The molecule has 2 aliphatic rings. The van der Waals surface area contributed by atoms with Crippen LogP contribution in [0.5, 0.6) is 0 Å². The molecule has 178 valence electrons. The molecule has 0 aliphatic carbocycles. The van der Waals surface area contributed by atoms with Crippen molar-refractivity contribution in [3.8, 4) is 0 Å². The summed E-state index contributed by atoms with van der Waals surface area (Å²) < 4.78 is 0. The van der Waals surface area contributed by atoms with E-state index in [9.17, 15) is 0 Å². The summed E-state index contributed by atoms with van der Waals surface area (Å²) in [5, 5.41) is 0. The number of aliphatic imine (C=N–C) groups is 2. The Morgan fingerprint density at radius 3 is 1.85 bits per heavy atom. The van der Waals surface area contributed by atoms with E-state index in [4.69, 9.17) is 9.98 Å². The summed E-state index contributed by atoms with van der Waals surface area (Å²) in [7, 11) is 0. The molecule has 4 rings (SSSR count). The Balaban J connectivity index is 1.83. The number of hydrogen-bond acceptors (Lipinski definition) is 2. The summed E-state index contributed by atoms with van der Waals surface area (Å²) in [6.07, 6.45) is 6.35. The molecule has 4 heterocycles. The molecular weight excluding hydrogens is 416 g/mol. The molecule has 2 aromatic rings. The number of H-pyrrole nitrogens is 2. The standard InChI is InChI=1S/C30H38N4/c1-11-23-19(7)29(33-27(23)13-25-17(5)15(3)21(9)31-25)30-20(8)24(12-2)28(34-30)14-26-18(6)16(4)22(10)32-26/h13-14,31,34H,11-12H2,1-10H3/b26-14+,27-13+. The van der Waals surface area contributed by atoms with Gasteiger partial charge in [-0.1, -0.05) is 13.8 Å². The van der Waals surface area contributed by atoms with E-state index in [2.05, 4.69) is 91.4 Å². The largest absolute Gasteiger partial charge is 0.359 e. The van der Waals surface area contributed by atoms with Crippen molar-refractivity contribution >= 4 is 23.6 Å². The van der Waals surface area contributed by atoms with Gasteiger partial charge >= 0.3 is 0 Å². The summed E-state index contributed by atoms with van der Waals surface area (Å²) >= 11 is 0. The zero-order chi connectivity index (χ0) is 24.9. The fourth-order valence-corrected chi connectivity index (χ4v) is 5.13. The van der Waals surface area contributed by atoms with Gasteiger partial charge in [-0.05, 0) is 125 Å². The van der Waals surface area contributed by atoms with Gasteiger partial charge in [-0.3, -0.25) is 4.99 Å². The number of nitrogens with zero attached hydrogens (tertiary/aromatic N) is 2. The average molecular weight is 455 g/mol. The van der Waals surface area contributed by atoms with Gasteiger partial charge in [0.15, 0.2) is 0 Å². The first-order valence-corrected chi connectivity index (χ1v) is 12.4. The summed E-state index contributed by atoms with van der Waals surface area (Å²) in [5.74, 6) is 0. The van der Waals surface area contributed by atoms with E-state index >= 15 is 0 Å². The van der Waals surface area contributed by atoms with Gasteiger partial charge in [0.2, 0.25) is 0 Å². The Morgan fingerprint density at radius 1 is 0.647 bits per heavy atom. The van der Waals surface area contributed by atoms with Crippen molar-refractivity contribution in [1.29, 1.82) is 0 Å². The lowest BCUT2D eigenvalue weighted by molar-refractivity contribution is 1.10. The SMILES string of the molecule is CCC1=C(C)C(c2[nH]c(/C=C3/N=C(C)C(C)=C3C)c(CC)c2C)=N/C1=C/c1[nH]c(C)c(C)c1C. The third-order valence-corrected chi connectivity index (χ3v) is 7.90. The smallest absolute Gasteiger partial charge is 0.0907 e. The molecule has 2 aliphatic heterocycles.